The van der Waals surface area contributed by atoms with Gasteiger partial charge in [-0.3, -0.25) is 0 Å². The first-order chi connectivity index (χ1) is 10.5. The van der Waals surface area contributed by atoms with Crippen LogP contribution in [0.15, 0.2) is 24.5 Å². The average molecular weight is 298 g/mol. The Labute approximate surface area is 133 Å². The zero-order valence-corrected chi connectivity index (χ0v) is 14.2. The molecule has 4 nitrogen and oxygen atoms in total. The Morgan fingerprint density at radius 1 is 0.955 bits per heavy atom. The van der Waals surface area contributed by atoms with Crippen molar-refractivity contribution in [3.63, 3.8) is 0 Å². The van der Waals surface area contributed by atoms with Gasteiger partial charge in [0, 0.05) is 18.3 Å². The minimum absolute atomic E-state index is 0.685. The fraction of sp³-hybridized carbons (Fsp3) is 0.444. The summed E-state index contributed by atoms with van der Waals surface area (Å²) in [6.45, 7) is 11.7. The van der Waals surface area contributed by atoms with Crippen molar-refractivity contribution in [1.82, 2.24) is 9.97 Å². The van der Waals surface area contributed by atoms with Crippen molar-refractivity contribution in [1.29, 1.82) is 0 Å². The molecule has 0 amide bonds. The normalized spacial score (nSPS) is 10.8. The molecule has 0 aliphatic rings. The molecule has 1 aromatic heterocycles. The largest absolute Gasteiger partial charge is 0.370 e. The number of benzene rings is 1. The van der Waals surface area contributed by atoms with Crippen molar-refractivity contribution in [2.24, 2.45) is 5.92 Å². The predicted molar refractivity (Wildman–Crippen MR) is 93.9 cm³/mol. The zero-order valence-electron chi connectivity index (χ0n) is 14.2. The van der Waals surface area contributed by atoms with Crippen molar-refractivity contribution >= 4 is 17.3 Å². The number of hydrogen-bond acceptors (Lipinski definition) is 4. The van der Waals surface area contributed by atoms with Crippen LogP contribution in [0.3, 0.4) is 0 Å². The highest BCUT2D eigenvalue weighted by Crippen LogP contribution is 2.25. The molecule has 0 saturated carbocycles. The Morgan fingerprint density at radius 3 is 2.23 bits per heavy atom. The van der Waals surface area contributed by atoms with Crippen LogP contribution in [-0.2, 0) is 0 Å². The van der Waals surface area contributed by atoms with Crippen LogP contribution < -0.4 is 10.6 Å². The van der Waals surface area contributed by atoms with E-state index in [0.29, 0.717) is 5.92 Å². The molecule has 0 fully saturated rings. The molecule has 1 aromatic carbocycles. The van der Waals surface area contributed by atoms with E-state index in [0.717, 1.165) is 30.3 Å². The number of nitrogens with one attached hydrogen (secondary N) is 2. The van der Waals surface area contributed by atoms with Gasteiger partial charge in [-0.1, -0.05) is 31.5 Å². The number of aromatic nitrogens is 2. The van der Waals surface area contributed by atoms with E-state index in [4.69, 9.17) is 0 Å². The van der Waals surface area contributed by atoms with Gasteiger partial charge in [-0.15, -0.1) is 0 Å². The molecule has 0 radical (unpaired) electrons. The van der Waals surface area contributed by atoms with E-state index in [1.807, 2.05) is 6.07 Å². The molecule has 118 valence electrons. The summed E-state index contributed by atoms with van der Waals surface area (Å²) < 4.78 is 0. The zero-order chi connectivity index (χ0) is 16.1. The summed E-state index contributed by atoms with van der Waals surface area (Å²) >= 11 is 0. The molecular formula is C18H26N4. The summed E-state index contributed by atoms with van der Waals surface area (Å²) in [6, 6.07) is 6.32. The van der Waals surface area contributed by atoms with Crippen LogP contribution in [0.1, 0.15) is 37.0 Å². The lowest BCUT2D eigenvalue weighted by atomic mass is 10.1. The van der Waals surface area contributed by atoms with E-state index in [9.17, 15) is 0 Å². The Morgan fingerprint density at radius 2 is 1.59 bits per heavy atom. The Bertz CT molecular complexity index is 612. The molecule has 0 aliphatic carbocycles. The number of hydrogen-bond donors (Lipinski definition) is 2. The average Bonchev–Trinajstić information content (AvgIpc) is 2.43. The topological polar surface area (TPSA) is 49.8 Å². The van der Waals surface area contributed by atoms with Crippen LogP contribution in [0.25, 0.3) is 0 Å². The summed E-state index contributed by atoms with van der Waals surface area (Å²) in [4.78, 5) is 8.59. The molecule has 0 bridgehead atoms. The molecule has 2 rings (SSSR count). The maximum absolute atomic E-state index is 4.32. The van der Waals surface area contributed by atoms with Gasteiger partial charge in [0.2, 0.25) is 0 Å². The van der Waals surface area contributed by atoms with E-state index < -0.39 is 0 Å². The third kappa shape index (κ3) is 4.45. The van der Waals surface area contributed by atoms with E-state index in [-0.39, 0.29) is 0 Å². The highest BCUT2D eigenvalue weighted by molar-refractivity contribution is 5.66. The Hall–Kier alpha value is -2.10. The SMILES string of the molecule is Cc1cc(C)c(Nc2cc(NCCC(C)C)ncn2)c(C)c1. The van der Waals surface area contributed by atoms with Crippen molar-refractivity contribution < 1.29 is 0 Å². The lowest BCUT2D eigenvalue weighted by Gasteiger charge is -2.14. The van der Waals surface area contributed by atoms with Crippen LogP contribution in [0.2, 0.25) is 0 Å². The fourth-order valence-corrected chi connectivity index (χ4v) is 2.52. The molecule has 22 heavy (non-hydrogen) atoms. The first-order valence-electron chi connectivity index (χ1n) is 7.86. The van der Waals surface area contributed by atoms with Gasteiger partial charge in [0.25, 0.3) is 0 Å². The van der Waals surface area contributed by atoms with Gasteiger partial charge in [-0.2, -0.15) is 0 Å². The van der Waals surface area contributed by atoms with Gasteiger partial charge >= 0.3 is 0 Å². The number of rotatable bonds is 6. The van der Waals surface area contributed by atoms with Crippen molar-refractivity contribution in [2.75, 3.05) is 17.2 Å². The van der Waals surface area contributed by atoms with Crippen molar-refractivity contribution in [2.45, 2.75) is 41.0 Å². The minimum Gasteiger partial charge on any atom is -0.370 e. The molecular weight excluding hydrogens is 272 g/mol. The molecule has 1 heterocycles. The second-order valence-electron chi connectivity index (χ2n) is 6.30. The summed E-state index contributed by atoms with van der Waals surface area (Å²) in [5.74, 6) is 2.36. The van der Waals surface area contributed by atoms with E-state index >= 15 is 0 Å². The molecule has 2 aromatic rings. The van der Waals surface area contributed by atoms with Crippen LogP contribution in [0.5, 0.6) is 0 Å². The summed E-state index contributed by atoms with van der Waals surface area (Å²) in [5, 5.41) is 6.77. The van der Waals surface area contributed by atoms with E-state index in [1.54, 1.807) is 6.33 Å². The maximum Gasteiger partial charge on any atom is 0.135 e. The fourth-order valence-electron chi connectivity index (χ4n) is 2.52. The lowest BCUT2D eigenvalue weighted by molar-refractivity contribution is 0.606. The van der Waals surface area contributed by atoms with Gasteiger partial charge in [-0.25, -0.2) is 9.97 Å². The van der Waals surface area contributed by atoms with Crippen LogP contribution in [-0.4, -0.2) is 16.5 Å². The molecule has 0 atom stereocenters. The van der Waals surface area contributed by atoms with Gasteiger partial charge in [-0.05, 0) is 44.2 Å². The molecule has 0 aliphatic heterocycles. The first-order valence-corrected chi connectivity index (χ1v) is 7.86. The number of anilines is 3. The molecule has 2 N–H and O–H groups in total. The van der Waals surface area contributed by atoms with Gasteiger partial charge in [0.15, 0.2) is 0 Å². The smallest absolute Gasteiger partial charge is 0.135 e. The quantitative estimate of drug-likeness (QED) is 0.818. The Balaban J connectivity index is 2.10. The van der Waals surface area contributed by atoms with Crippen LogP contribution in [0, 0.1) is 26.7 Å². The van der Waals surface area contributed by atoms with Crippen LogP contribution >= 0.6 is 0 Å². The van der Waals surface area contributed by atoms with Crippen molar-refractivity contribution in [3.05, 3.63) is 41.2 Å². The minimum atomic E-state index is 0.685. The third-order valence-corrected chi connectivity index (χ3v) is 3.62. The number of aryl methyl sites for hydroxylation is 3. The van der Waals surface area contributed by atoms with E-state index in [2.05, 4.69) is 67.4 Å². The second kappa shape index (κ2) is 7.25. The molecule has 4 heteroatoms. The standard InChI is InChI=1S/C18H26N4/c1-12(2)6-7-19-16-10-17(21-11-20-16)22-18-14(4)8-13(3)9-15(18)5/h8-12H,6-7H2,1-5H3,(H2,19,20,21,22). The van der Waals surface area contributed by atoms with Gasteiger partial charge in [0.05, 0.1) is 0 Å². The van der Waals surface area contributed by atoms with Gasteiger partial charge < -0.3 is 10.6 Å². The van der Waals surface area contributed by atoms with Crippen molar-refractivity contribution in [3.8, 4) is 0 Å². The number of nitrogens with zero attached hydrogens (tertiary/aromatic N) is 2. The molecule has 0 unspecified atom stereocenters. The first kappa shape index (κ1) is 16.3. The summed E-state index contributed by atoms with van der Waals surface area (Å²) in [5.41, 5.74) is 4.85. The van der Waals surface area contributed by atoms with E-state index in [1.165, 1.54) is 16.7 Å². The molecule has 0 saturated heterocycles. The molecule has 0 spiro atoms. The maximum atomic E-state index is 4.32. The Kier molecular flexibility index (Phi) is 5.36. The monoisotopic (exact) mass is 298 g/mol. The summed E-state index contributed by atoms with van der Waals surface area (Å²) in [7, 11) is 0. The predicted octanol–water partition coefficient (Wildman–Crippen LogP) is 4.60. The van der Waals surface area contributed by atoms with Gasteiger partial charge in [0.1, 0.15) is 18.0 Å². The summed E-state index contributed by atoms with van der Waals surface area (Å²) in [6.07, 6.45) is 2.72. The third-order valence-electron chi connectivity index (χ3n) is 3.62. The highest BCUT2D eigenvalue weighted by atomic mass is 15.1. The lowest BCUT2D eigenvalue weighted by Crippen LogP contribution is -2.07. The highest BCUT2D eigenvalue weighted by Gasteiger charge is 2.06. The second-order valence-corrected chi connectivity index (χ2v) is 6.30. The van der Waals surface area contributed by atoms with Crippen LogP contribution in [0.4, 0.5) is 17.3 Å².